The van der Waals surface area contributed by atoms with Gasteiger partial charge in [0.25, 0.3) is 11.6 Å². The van der Waals surface area contributed by atoms with E-state index in [1.807, 2.05) is 0 Å². The fraction of sp³-hybridized carbons (Fsp3) is 0.0400. The minimum Gasteiger partial charge on any atom is -0.354 e. The minimum absolute atomic E-state index is 0.0886. The third kappa shape index (κ3) is 3.86. The van der Waals surface area contributed by atoms with Gasteiger partial charge in [-0.05, 0) is 31.2 Å². The second-order valence-corrected chi connectivity index (χ2v) is 8.01. The van der Waals surface area contributed by atoms with Crippen LogP contribution in [-0.4, -0.2) is 20.8 Å². The SMILES string of the molecule is Cc1c(F)cc(C(Nc2ccc(-c3c[nH]cn3)cc2)=C2C(=O)Nc3ccc([N+](=O)[O-])cc32)c(F)c1F. The van der Waals surface area contributed by atoms with Crippen molar-refractivity contribution in [1.82, 2.24) is 9.97 Å². The van der Waals surface area contributed by atoms with Crippen molar-refractivity contribution in [1.29, 1.82) is 0 Å². The van der Waals surface area contributed by atoms with Crippen molar-refractivity contribution in [3.05, 3.63) is 105 Å². The second kappa shape index (κ2) is 8.69. The fourth-order valence-electron chi connectivity index (χ4n) is 3.94. The quantitative estimate of drug-likeness (QED) is 0.145. The van der Waals surface area contributed by atoms with Crippen molar-refractivity contribution in [2.24, 2.45) is 0 Å². The van der Waals surface area contributed by atoms with E-state index in [0.717, 1.165) is 24.6 Å². The first-order valence-corrected chi connectivity index (χ1v) is 10.6. The number of non-ortho nitro benzene ring substituents is 1. The van der Waals surface area contributed by atoms with Crippen LogP contribution in [-0.2, 0) is 4.79 Å². The minimum atomic E-state index is -1.41. The van der Waals surface area contributed by atoms with Crippen LogP contribution in [0.2, 0.25) is 0 Å². The lowest BCUT2D eigenvalue weighted by Crippen LogP contribution is -2.12. The maximum absolute atomic E-state index is 15.1. The number of halogens is 3. The molecule has 0 atom stereocenters. The maximum atomic E-state index is 15.1. The Morgan fingerprint density at radius 2 is 1.81 bits per heavy atom. The second-order valence-electron chi connectivity index (χ2n) is 8.01. The number of rotatable bonds is 5. The first-order valence-electron chi connectivity index (χ1n) is 10.6. The van der Waals surface area contributed by atoms with Gasteiger partial charge in [-0.2, -0.15) is 0 Å². The molecule has 3 aromatic carbocycles. The zero-order valence-electron chi connectivity index (χ0n) is 18.5. The predicted molar refractivity (Wildman–Crippen MR) is 127 cm³/mol. The number of hydrogen-bond acceptors (Lipinski definition) is 5. The molecule has 0 bridgehead atoms. The summed E-state index contributed by atoms with van der Waals surface area (Å²) in [7, 11) is 0. The standard InChI is InChI=1S/C25H16F3N5O3/c1-12-18(26)9-17(23(28)22(12)27)24(31-14-4-2-13(3-5-14)20-10-29-11-30-20)21-16-8-15(33(35)36)6-7-19(16)32-25(21)34/h2-11,31H,1H3,(H,29,30)(H,32,34). The third-order valence-corrected chi connectivity index (χ3v) is 5.81. The van der Waals surface area contributed by atoms with Crippen molar-refractivity contribution in [3.8, 4) is 11.3 Å². The van der Waals surface area contributed by atoms with Crippen LogP contribution in [0.3, 0.4) is 0 Å². The van der Waals surface area contributed by atoms with Gasteiger partial charge in [0.15, 0.2) is 11.6 Å². The van der Waals surface area contributed by atoms with Crippen LogP contribution in [0.5, 0.6) is 0 Å². The molecule has 0 saturated carbocycles. The highest BCUT2D eigenvalue weighted by atomic mass is 19.2. The summed E-state index contributed by atoms with van der Waals surface area (Å²) in [6.45, 7) is 1.09. The van der Waals surface area contributed by atoms with Gasteiger partial charge in [0.2, 0.25) is 0 Å². The molecule has 8 nitrogen and oxygen atoms in total. The maximum Gasteiger partial charge on any atom is 0.270 e. The van der Waals surface area contributed by atoms with Crippen LogP contribution in [0.4, 0.5) is 30.2 Å². The number of carbonyl (C=O) groups is 1. The summed E-state index contributed by atoms with van der Waals surface area (Å²) in [4.78, 5) is 30.7. The number of amides is 1. The normalized spacial score (nSPS) is 13.8. The number of aromatic amines is 1. The van der Waals surface area contributed by atoms with E-state index in [9.17, 15) is 23.7 Å². The van der Waals surface area contributed by atoms with Gasteiger partial charge in [0, 0.05) is 52.0 Å². The molecule has 11 heteroatoms. The van der Waals surface area contributed by atoms with E-state index in [1.54, 1.807) is 30.5 Å². The van der Waals surface area contributed by atoms with Gasteiger partial charge in [0.1, 0.15) is 5.82 Å². The third-order valence-electron chi connectivity index (χ3n) is 5.81. The average molecular weight is 491 g/mol. The van der Waals surface area contributed by atoms with Crippen LogP contribution < -0.4 is 10.6 Å². The highest BCUT2D eigenvalue weighted by Crippen LogP contribution is 2.40. The van der Waals surface area contributed by atoms with Gasteiger partial charge in [-0.1, -0.05) is 12.1 Å². The van der Waals surface area contributed by atoms with Crippen LogP contribution >= 0.6 is 0 Å². The van der Waals surface area contributed by atoms with Crippen LogP contribution in [0.15, 0.2) is 61.1 Å². The van der Waals surface area contributed by atoms with Gasteiger partial charge >= 0.3 is 0 Å². The van der Waals surface area contributed by atoms with Crippen molar-refractivity contribution >= 4 is 34.2 Å². The summed E-state index contributed by atoms with van der Waals surface area (Å²) in [5.74, 6) is -4.52. The molecule has 2 heterocycles. The zero-order valence-corrected chi connectivity index (χ0v) is 18.5. The Kier molecular flexibility index (Phi) is 5.51. The number of fused-ring (bicyclic) bond motifs is 1. The van der Waals surface area contributed by atoms with E-state index in [-0.39, 0.29) is 28.2 Å². The van der Waals surface area contributed by atoms with E-state index >= 15 is 4.39 Å². The average Bonchev–Trinajstić information content (AvgIpc) is 3.51. The summed E-state index contributed by atoms with van der Waals surface area (Å²) in [6, 6.07) is 11.1. The van der Waals surface area contributed by atoms with Gasteiger partial charge in [-0.25, -0.2) is 18.2 Å². The largest absolute Gasteiger partial charge is 0.354 e. The molecule has 1 aromatic heterocycles. The Morgan fingerprint density at radius 3 is 2.47 bits per heavy atom. The highest BCUT2D eigenvalue weighted by Gasteiger charge is 2.32. The number of nitrogens with zero attached hydrogens (tertiary/aromatic N) is 2. The Bertz CT molecular complexity index is 1570. The number of nitro benzene ring substituents is 1. The van der Waals surface area contributed by atoms with E-state index in [4.69, 9.17) is 0 Å². The van der Waals surface area contributed by atoms with Crippen LogP contribution in [0.1, 0.15) is 16.7 Å². The number of nitro groups is 1. The summed E-state index contributed by atoms with van der Waals surface area (Å²) in [6.07, 6.45) is 3.21. The Balaban J connectivity index is 1.71. The predicted octanol–water partition coefficient (Wildman–Crippen LogP) is 5.64. The van der Waals surface area contributed by atoms with Gasteiger partial charge < -0.3 is 15.6 Å². The summed E-state index contributed by atoms with van der Waals surface area (Å²) < 4.78 is 44.2. The lowest BCUT2D eigenvalue weighted by molar-refractivity contribution is -0.384. The molecule has 0 fully saturated rings. The van der Waals surface area contributed by atoms with Gasteiger partial charge in [-0.15, -0.1) is 0 Å². The molecule has 4 aromatic rings. The van der Waals surface area contributed by atoms with Gasteiger partial charge in [-0.3, -0.25) is 14.9 Å². The number of benzene rings is 3. The molecule has 5 rings (SSSR count). The van der Waals surface area contributed by atoms with E-state index in [0.29, 0.717) is 11.4 Å². The lowest BCUT2D eigenvalue weighted by Gasteiger charge is -2.17. The molecular formula is C25H16F3N5O3. The number of imidazole rings is 1. The number of H-pyrrole nitrogens is 1. The van der Waals surface area contributed by atoms with Crippen molar-refractivity contribution in [2.75, 3.05) is 10.6 Å². The van der Waals surface area contributed by atoms with Gasteiger partial charge in [0.05, 0.1) is 28.2 Å². The Morgan fingerprint density at radius 1 is 1.06 bits per heavy atom. The number of aromatic nitrogens is 2. The topological polar surface area (TPSA) is 113 Å². The summed E-state index contributed by atoms with van der Waals surface area (Å²) in [5.41, 5.74) is 0.289. The highest BCUT2D eigenvalue weighted by molar-refractivity contribution is 6.37. The van der Waals surface area contributed by atoms with E-state index in [2.05, 4.69) is 20.6 Å². The molecule has 1 amide bonds. The number of anilines is 2. The first-order chi connectivity index (χ1) is 17.2. The van der Waals surface area contributed by atoms with Crippen molar-refractivity contribution in [2.45, 2.75) is 6.92 Å². The molecule has 180 valence electrons. The molecule has 1 aliphatic rings. The molecule has 0 saturated heterocycles. The van der Waals surface area contributed by atoms with Crippen molar-refractivity contribution < 1.29 is 22.9 Å². The Labute approximate surface area is 201 Å². The van der Waals surface area contributed by atoms with E-state index in [1.165, 1.54) is 18.5 Å². The smallest absolute Gasteiger partial charge is 0.270 e. The van der Waals surface area contributed by atoms with Crippen molar-refractivity contribution in [3.63, 3.8) is 0 Å². The number of nitrogens with one attached hydrogen (secondary N) is 3. The molecule has 0 spiro atoms. The summed E-state index contributed by atoms with van der Waals surface area (Å²) in [5, 5.41) is 16.8. The zero-order chi connectivity index (χ0) is 25.6. The molecule has 1 aliphatic heterocycles. The monoisotopic (exact) mass is 491 g/mol. The number of hydrogen-bond donors (Lipinski definition) is 3. The molecular weight excluding hydrogens is 475 g/mol. The number of carbonyl (C=O) groups excluding carboxylic acids is 1. The molecule has 0 radical (unpaired) electrons. The van der Waals surface area contributed by atoms with E-state index < -0.39 is 39.4 Å². The molecule has 0 aliphatic carbocycles. The summed E-state index contributed by atoms with van der Waals surface area (Å²) >= 11 is 0. The molecule has 3 N–H and O–H groups in total. The Hall–Kier alpha value is -4.93. The fourth-order valence-corrected chi connectivity index (χ4v) is 3.94. The molecule has 36 heavy (non-hydrogen) atoms. The lowest BCUT2D eigenvalue weighted by atomic mass is 9.98. The van der Waals surface area contributed by atoms with Crippen LogP contribution in [0.25, 0.3) is 22.5 Å². The van der Waals surface area contributed by atoms with Crippen LogP contribution in [0, 0.1) is 34.5 Å². The first kappa shape index (κ1) is 22.8. The molecule has 0 unspecified atom stereocenters.